The van der Waals surface area contributed by atoms with Gasteiger partial charge in [0, 0.05) is 47.7 Å². The third-order valence-electron chi connectivity index (χ3n) is 6.53. The molecule has 0 aliphatic carbocycles. The third kappa shape index (κ3) is 5.27. The molecule has 2 aliphatic heterocycles. The highest BCUT2D eigenvalue weighted by Gasteiger charge is 2.44. The predicted molar refractivity (Wildman–Crippen MR) is 136 cm³/mol. The SMILES string of the molecule is CC(C)COC(=O)N1CC2COCC(C1)C2Oc1ncnc2c(-c3ccc(S(C)(=O)=O)cc3F)csc12. The Morgan fingerprint density at radius 1 is 1.22 bits per heavy atom. The Labute approximate surface area is 218 Å². The number of rotatable bonds is 6. The third-order valence-corrected chi connectivity index (χ3v) is 8.60. The molecule has 2 aromatic heterocycles. The van der Waals surface area contributed by atoms with Gasteiger partial charge in [0.25, 0.3) is 0 Å². The van der Waals surface area contributed by atoms with E-state index >= 15 is 0 Å². The van der Waals surface area contributed by atoms with Crippen LogP contribution < -0.4 is 4.74 Å². The monoisotopic (exact) mass is 549 g/mol. The van der Waals surface area contributed by atoms with Gasteiger partial charge in [-0.25, -0.2) is 27.6 Å². The van der Waals surface area contributed by atoms with Gasteiger partial charge in [-0.15, -0.1) is 11.3 Å². The van der Waals surface area contributed by atoms with Gasteiger partial charge in [-0.3, -0.25) is 0 Å². The number of carbonyl (C=O) groups excluding carboxylic acids is 1. The molecular weight excluding hydrogens is 521 g/mol. The van der Waals surface area contributed by atoms with E-state index in [1.54, 1.807) is 10.3 Å². The largest absolute Gasteiger partial charge is 0.472 e. The van der Waals surface area contributed by atoms with E-state index in [0.717, 1.165) is 12.3 Å². The number of piperidine rings is 1. The van der Waals surface area contributed by atoms with Crippen molar-refractivity contribution in [1.29, 1.82) is 0 Å². The molecule has 1 amide bonds. The number of sulfone groups is 1. The first-order valence-electron chi connectivity index (χ1n) is 12.0. The Morgan fingerprint density at radius 3 is 2.59 bits per heavy atom. The molecule has 2 fully saturated rings. The van der Waals surface area contributed by atoms with Gasteiger partial charge >= 0.3 is 6.09 Å². The lowest BCUT2D eigenvalue weighted by Crippen LogP contribution is -2.58. The van der Waals surface area contributed by atoms with Crippen molar-refractivity contribution in [1.82, 2.24) is 14.9 Å². The van der Waals surface area contributed by atoms with Crippen molar-refractivity contribution in [2.45, 2.75) is 24.8 Å². The van der Waals surface area contributed by atoms with Crippen LogP contribution in [0.25, 0.3) is 21.3 Å². The fourth-order valence-electron chi connectivity index (χ4n) is 4.75. The number of thiophene rings is 1. The first-order chi connectivity index (χ1) is 17.6. The van der Waals surface area contributed by atoms with Gasteiger partial charge in [0.2, 0.25) is 5.88 Å². The summed E-state index contributed by atoms with van der Waals surface area (Å²) in [5.41, 5.74) is 1.31. The zero-order chi connectivity index (χ0) is 26.3. The van der Waals surface area contributed by atoms with E-state index < -0.39 is 15.7 Å². The fourth-order valence-corrected chi connectivity index (χ4v) is 6.33. The highest BCUT2D eigenvalue weighted by molar-refractivity contribution is 7.90. The van der Waals surface area contributed by atoms with Crippen molar-refractivity contribution in [3.05, 3.63) is 35.7 Å². The maximum absolute atomic E-state index is 14.9. The van der Waals surface area contributed by atoms with Gasteiger partial charge in [-0.05, 0) is 18.1 Å². The van der Waals surface area contributed by atoms with Crippen LogP contribution >= 0.6 is 11.3 Å². The second-order valence-corrected chi connectivity index (χ2v) is 12.8. The van der Waals surface area contributed by atoms with E-state index in [2.05, 4.69) is 9.97 Å². The quantitative estimate of drug-likeness (QED) is 0.454. The van der Waals surface area contributed by atoms with Crippen LogP contribution in [-0.2, 0) is 19.3 Å². The normalized spacial score (nSPS) is 21.9. The number of aromatic nitrogens is 2. The van der Waals surface area contributed by atoms with Crippen LogP contribution in [0.2, 0.25) is 0 Å². The number of carbonyl (C=O) groups is 1. The second kappa shape index (κ2) is 10.1. The van der Waals surface area contributed by atoms with Crippen LogP contribution in [0.1, 0.15) is 13.8 Å². The van der Waals surface area contributed by atoms with Crippen LogP contribution in [0.15, 0.2) is 34.8 Å². The highest BCUT2D eigenvalue weighted by atomic mass is 32.2. The molecule has 2 saturated heterocycles. The van der Waals surface area contributed by atoms with Crippen molar-refractivity contribution in [2.24, 2.45) is 17.8 Å². The smallest absolute Gasteiger partial charge is 0.409 e. The summed E-state index contributed by atoms with van der Waals surface area (Å²) >= 11 is 1.33. The number of fused-ring (bicyclic) bond motifs is 3. The first-order valence-corrected chi connectivity index (χ1v) is 14.8. The standard InChI is InChI=1S/C25H28FN3O6S2/c1-14(2)9-34-25(30)29-7-15-10-33-11-16(8-29)22(15)35-24-23-21(27-13-28-24)19(12-36-23)18-5-4-17(6-20(18)26)37(3,31)32/h4-6,12-16,22H,7-11H2,1-3H3. The van der Waals surface area contributed by atoms with Crippen molar-refractivity contribution >= 4 is 37.5 Å². The molecule has 0 spiro atoms. The first kappa shape index (κ1) is 25.8. The summed E-state index contributed by atoms with van der Waals surface area (Å²) in [5, 5.41) is 1.77. The number of amides is 1. The number of nitrogens with zero attached hydrogens (tertiary/aromatic N) is 3. The summed E-state index contributed by atoms with van der Waals surface area (Å²) < 4.78 is 56.8. The van der Waals surface area contributed by atoms with Crippen LogP contribution in [0.5, 0.6) is 5.88 Å². The van der Waals surface area contributed by atoms with E-state index in [1.807, 2.05) is 13.8 Å². The Hall–Kier alpha value is -2.83. The number of hydrogen-bond acceptors (Lipinski definition) is 9. The Kier molecular flexibility index (Phi) is 7.08. The second-order valence-electron chi connectivity index (χ2n) is 9.94. The van der Waals surface area contributed by atoms with Crippen LogP contribution in [0, 0.1) is 23.6 Å². The van der Waals surface area contributed by atoms with E-state index in [-0.39, 0.29) is 40.4 Å². The van der Waals surface area contributed by atoms with E-state index in [9.17, 15) is 17.6 Å². The van der Waals surface area contributed by atoms with Crippen molar-refractivity contribution < 1.29 is 31.8 Å². The maximum Gasteiger partial charge on any atom is 0.409 e. The fraction of sp³-hybridized carbons (Fsp3) is 0.480. The molecule has 12 heteroatoms. The van der Waals surface area contributed by atoms with Gasteiger partial charge in [-0.1, -0.05) is 19.9 Å². The zero-order valence-electron chi connectivity index (χ0n) is 20.7. The van der Waals surface area contributed by atoms with Crippen LogP contribution in [0.4, 0.5) is 9.18 Å². The van der Waals surface area contributed by atoms with Crippen molar-refractivity contribution in [3.8, 4) is 17.0 Å². The number of likely N-dealkylation sites (tertiary alicyclic amines) is 1. The molecule has 0 N–H and O–H groups in total. The lowest BCUT2D eigenvalue weighted by Gasteiger charge is -2.45. The zero-order valence-corrected chi connectivity index (χ0v) is 22.4. The molecule has 2 unspecified atom stereocenters. The molecule has 2 aliphatic rings. The number of benzene rings is 1. The molecule has 3 aromatic rings. The molecule has 198 valence electrons. The summed E-state index contributed by atoms with van der Waals surface area (Å²) in [6.45, 7) is 6.19. The lowest BCUT2D eigenvalue weighted by atomic mass is 9.84. The number of halogens is 1. The lowest BCUT2D eigenvalue weighted by molar-refractivity contribution is -0.109. The molecule has 0 radical (unpaired) electrons. The van der Waals surface area contributed by atoms with Gasteiger partial charge in [0.15, 0.2) is 9.84 Å². The summed E-state index contributed by atoms with van der Waals surface area (Å²) in [6.07, 6.45) is 1.89. The minimum Gasteiger partial charge on any atom is -0.472 e. The molecule has 37 heavy (non-hydrogen) atoms. The van der Waals surface area contributed by atoms with Gasteiger partial charge in [0.1, 0.15) is 22.9 Å². The van der Waals surface area contributed by atoms with Crippen LogP contribution in [-0.4, -0.2) is 74.6 Å². The van der Waals surface area contributed by atoms with E-state index in [1.165, 1.54) is 29.8 Å². The summed E-state index contributed by atoms with van der Waals surface area (Å²) in [7, 11) is -3.53. The number of hydrogen-bond donors (Lipinski definition) is 0. The Morgan fingerprint density at radius 2 is 1.95 bits per heavy atom. The molecule has 2 atom stereocenters. The molecule has 1 aromatic carbocycles. The average molecular weight is 550 g/mol. The molecule has 5 rings (SSSR count). The van der Waals surface area contributed by atoms with Crippen molar-refractivity contribution in [2.75, 3.05) is 39.2 Å². The van der Waals surface area contributed by atoms with Gasteiger partial charge in [0.05, 0.1) is 30.2 Å². The summed E-state index contributed by atoms with van der Waals surface area (Å²) in [6, 6.07) is 3.86. The topological polar surface area (TPSA) is 108 Å². The Balaban J connectivity index is 1.38. The Bertz CT molecular complexity index is 1410. The molecule has 9 nitrogen and oxygen atoms in total. The molecule has 4 heterocycles. The maximum atomic E-state index is 14.9. The molecule has 0 saturated carbocycles. The summed E-state index contributed by atoms with van der Waals surface area (Å²) in [5.74, 6) is -0.0945. The summed E-state index contributed by atoms with van der Waals surface area (Å²) in [4.78, 5) is 22.9. The molecular formula is C25H28FN3O6S2. The highest BCUT2D eigenvalue weighted by Crippen LogP contribution is 2.40. The van der Waals surface area contributed by atoms with Gasteiger partial charge < -0.3 is 19.1 Å². The average Bonchev–Trinajstić information content (AvgIpc) is 3.26. The predicted octanol–water partition coefficient (Wildman–Crippen LogP) is 4.02. The minimum absolute atomic E-state index is 0.0514. The van der Waals surface area contributed by atoms with E-state index in [4.69, 9.17) is 14.2 Å². The van der Waals surface area contributed by atoms with Crippen LogP contribution in [0.3, 0.4) is 0 Å². The van der Waals surface area contributed by atoms with Crippen molar-refractivity contribution in [3.63, 3.8) is 0 Å². The minimum atomic E-state index is -3.53. The molecule has 2 bridgehead atoms. The number of ether oxygens (including phenoxy) is 3. The van der Waals surface area contributed by atoms with Gasteiger partial charge in [-0.2, -0.15) is 0 Å². The van der Waals surface area contributed by atoms with E-state index in [0.29, 0.717) is 54.6 Å².